The average Bonchev–Trinajstić information content (AvgIpc) is 1.82. The lowest BCUT2D eigenvalue weighted by Gasteiger charge is -2.21. The predicted molar refractivity (Wildman–Crippen MR) is 42.4 cm³/mol. The van der Waals surface area contributed by atoms with Crippen molar-refractivity contribution in [1.82, 2.24) is 4.90 Å². The second-order valence-electron chi connectivity index (χ2n) is 2.67. The Labute approximate surface area is 59.1 Å². The van der Waals surface area contributed by atoms with E-state index < -0.39 is 0 Å². The van der Waals surface area contributed by atoms with E-state index in [2.05, 4.69) is 32.8 Å². The van der Waals surface area contributed by atoms with Gasteiger partial charge >= 0.3 is 0 Å². The van der Waals surface area contributed by atoms with Gasteiger partial charge in [0.25, 0.3) is 0 Å². The normalized spacial score (nSPS) is 14.3. The van der Waals surface area contributed by atoms with Crippen molar-refractivity contribution in [1.29, 1.82) is 0 Å². The molecule has 1 nitrogen and oxygen atoms in total. The lowest BCUT2D eigenvalue weighted by Crippen LogP contribution is -2.26. The zero-order valence-corrected chi connectivity index (χ0v) is 6.85. The third-order valence-electron chi connectivity index (χ3n) is 1.74. The minimum absolute atomic E-state index is 0.738. The highest BCUT2D eigenvalue weighted by molar-refractivity contribution is 4.63. The second kappa shape index (κ2) is 4.80. The van der Waals surface area contributed by atoms with Crippen LogP contribution in [0.3, 0.4) is 0 Å². The van der Waals surface area contributed by atoms with Gasteiger partial charge in [-0.3, -0.25) is 0 Å². The minimum Gasteiger partial charge on any atom is -0.306 e. The van der Waals surface area contributed by atoms with E-state index in [0.717, 1.165) is 12.5 Å². The molecule has 1 atom stereocenters. The van der Waals surface area contributed by atoms with Crippen LogP contribution in [0.5, 0.6) is 0 Å². The Morgan fingerprint density at radius 2 is 2.00 bits per heavy atom. The highest BCUT2D eigenvalue weighted by Crippen LogP contribution is 2.05. The summed E-state index contributed by atoms with van der Waals surface area (Å²) in [5, 5.41) is 0. The number of nitrogens with zero attached hydrogens (tertiary/aromatic N) is 1. The van der Waals surface area contributed by atoms with E-state index in [1.807, 2.05) is 0 Å². The Balaban J connectivity index is 3.41. The summed E-state index contributed by atoms with van der Waals surface area (Å²) in [6, 6.07) is 0.738. The fourth-order valence-corrected chi connectivity index (χ4v) is 1.06. The SMILES string of the molecule is [CH2]CCC(CC)N(C)C. The van der Waals surface area contributed by atoms with Crippen molar-refractivity contribution in [2.45, 2.75) is 32.2 Å². The number of hydrogen-bond donors (Lipinski definition) is 0. The van der Waals surface area contributed by atoms with E-state index in [1.54, 1.807) is 0 Å². The third kappa shape index (κ3) is 3.52. The lowest BCUT2D eigenvalue weighted by atomic mass is 10.1. The summed E-state index contributed by atoms with van der Waals surface area (Å²) in [6.45, 7) is 6.05. The zero-order valence-electron chi connectivity index (χ0n) is 6.85. The Bertz CT molecular complexity index is 59.6. The average molecular weight is 128 g/mol. The van der Waals surface area contributed by atoms with Crippen molar-refractivity contribution in [2.24, 2.45) is 0 Å². The molecule has 55 valence electrons. The molecule has 0 fully saturated rings. The summed E-state index contributed by atoms with van der Waals surface area (Å²) in [5.41, 5.74) is 0. The molecule has 0 aliphatic rings. The van der Waals surface area contributed by atoms with E-state index >= 15 is 0 Å². The fourth-order valence-electron chi connectivity index (χ4n) is 1.06. The molecule has 9 heavy (non-hydrogen) atoms. The first kappa shape index (κ1) is 8.96. The zero-order chi connectivity index (χ0) is 7.28. The first-order valence-electron chi connectivity index (χ1n) is 3.68. The van der Waals surface area contributed by atoms with Crippen LogP contribution in [0.1, 0.15) is 26.2 Å². The van der Waals surface area contributed by atoms with Crippen molar-refractivity contribution < 1.29 is 0 Å². The van der Waals surface area contributed by atoms with Gasteiger partial charge in [0.1, 0.15) is 0 Å². The second-order valence-corrected chi connectivity index (χ2v) is 2.67. The molecule has 0 aliphatic heterocycles. The van der Waals surface area contributed by atoms with Crippen LogP contribution in [0, 0.1) is 6.92 Å². The first-order chi connectivity index (χ1) is 4.22. The highest BCUT2D eigenvalue weighted by Gasteiger charge is 2.05. The van der Waals surface area contributed by atoms with Gasteiger partial charge in [0, 0.05) is 6.04 Å². The first-order valence-corrected chi connectivity index (χ1v) is 3.68. The van der Waals surface area contributed by atoms with Crippen LogP contribution in [-0.2, 0) is 0 Å². The molecule has 1 radical (unpaired) electrons. The number of rotatable bonds is 4. The van der Waals surface area contributed by atoms with Gasteiger partial charge < -0.3 is 4.90 Å². The topological polar surface area (TPSA) is 3.24 Å². The number of hydrogen-bond acceptors (Lipinski definition) is 1. The largest absolute Gasteiger partial charge is 0.306 e. The standard InChI is InChI=1S/C8H18N/c1-5-7-8(6-2)9(3)4/h8H,1,5-7H2,2-4H3. The molecule has 0 bridgehead atoms. The highest BCUT2D eigenvalue weighted by atomic mass is 15.1. The van der Waals surface area contributed by atoms with E-state index in [-0.39, 0.29) is 0 Å². The van der Waals surface area contributed by atoms with Crippen molar-refractivity contribution in [3.63, 3.8) is 0 Å². The summed E-state index contributed by atoms with van der Waals surface area (Å²) in [4.78, 5) is 2.27. The quantitative estimate of drug-likeness (QED) is 0.559. The van der Waals surface area contributed by atoms with Gasteiger partial charge in [0.2, 0.25) is 0 Å². The van der Waals surface area contributed by atoms with Crippen LogP contribution in [-0.4, -0.2) is 25.0 Å². The summed E-state index contributed by atoms with van der Waals surface area (Å²) in [5.74, 6) is 0. The predicted octanol–water partition coefficient (Wildman–Crippen LogP) is 1.94. The van der Waals surface area contributed by atoms with Gasteiger partial charge in [-0.15, -0.1) is 0 Å². The van der Waals surface area contributed by atoms with Crippen LogP contribution < -0.4 is 0 Å². The summed E-state index contributed by atoms with van der Waals surface area (Å²) >= 11 is 0. The van der Waals surface area contributed by atoms with Crippen molar-refractivity contribution in [2.75, 3.05) is 14.1 Å². The molecule has 0 aromatic carbocycles. The maximum atomic E-state index is 3.83. The molecule has 0 saturated carbocycles. The van der Waals surface area contributed by atoms with Gasteiger partial charge in [-0.1, -0.05) is 20.3 Å². The molecule has 0 spiro atoms. The van der Waals surface area contributed by atoms with Crippen LogP contribution in [0.4, 0.5) is 0 Å². The van der Waals surface area contributed by atoms with Gasteiger partial charge in [-0.25, -0.2) is 0 Å². The molecule has 0 aromatic rings. The van der Waals surface area contributed by atoms with Crippen LogP contribution >= 0.6 is 0 Å². The van der Waals surface area contributed by atoms with Gasteiger partial charge in [0.15, 0.2) is 0 Å². The van der Waals surface area contributed by atoms with E-state index in [0.29, 0.717) is 0 Å². The summed E-state index contributed by atoms with van der Waals surface area (Å²) in [6.07, 6.45) is 3.52. The molecule has 1 unspecified atom stereocenters. The third-order valence-corrected chi connectivity index (χ3v) is 1.74. The minimum atomic E-state index is 0.738. The Morgan fingerprint density at radius 1 is 1.44 bits per heavy atom. The molecule has 0 rings (SSSR count). The van der Waals surface area contributed by atoms with Crippen LogP contribution in [0.15, 0.2) is 0 Å². The van der Waals surface area contributed by atoms with Crippen LogP contribution in [0.2, 0.25) is 0 Å². The van der Waals surface area contributed by atoms with Crippen molar-refractivity contribution >= 4 is 0 Å². The summed E-state index contributed by atoms with van der Waals surface area (Å²) < 4.78 is 0. The molecular formula is C8H18N. The molecule has 0 N–H and O–H groups in total. The smallest absolute Gasteiger partial charge is 0.00865 e. The molecule has 0 aromatic heterocycles. The molecule has 0 aliphatic carbocycles. The lowest BCUT2D eigenvalue weighted by molar-refractivity contribution is 0.272. The van der Waals surface area contributed by atoms with Gasteiger partial charge in [-0.2, -0.15) is 0 Å². The molecule has 0 amide bonds. The fraction of sp³-hybridized carbons (Fsp3) is 0.875. The van der Waals surface area contributed by atoms with E-state index in [4.69, 9.17) is 0 Å². The van der Waals surface area contributed by atoms with Crippen molar-refractivity contribution in [3.05, 3.63) is 6.92 Å². The van der Waals surface area contributed by atoms with Gasteiger partial charge in [-0.05, 0) is 26.9 Å². The Morgan fingerprint density at radius 3 is 2.11 bits per heavy atom. The molecule has 1 heteroatoms. The Kier molecular flexibility index (Phi) is 4.78. The maximum absolute atomic E-state index is 3.83. The molecular weight excluding hydrogens is 110 g/mol. The van der Waals surface area contributed by atoms with E-state index in [1.165, 1.54) is 12.8 Å². The monoisotopic (exact) mass is 128 g/mol. The van der Waals surface area contributed by atoms with E-state index in [9.17, 15) is 0 Å². The van der Waals surface area contributed by atoms with Crippen molar-refractivity contribution in [3.8, 4) is 0 Å². The van der Waals surface area contributed by atoms with Gasteiger partial charge in [0.05, 0.1) is 0 Å². The summed E-state index contributed by atoms with van der Waals surface area (Å²) in [7, 11) is 4.26. The maximum Gasteiger partial charge on any atom is 0.00865 e. The molecule has 0 heterocycles. The van der Waals surface area contributed by atoms with Crippen LogP contribution in [0.25, 0.3) is 0 Å². The Hall–Kier alpha value is -0.0400. The molecule has 0 saturated heterocycles.